The zero-order valence-corrected chi connectivity index (χ0v) is 15.0. The lowest BCUT2D eigenvalue weighted by molar-refractivity contribution is 0.0364. The molecule has 0 radical (unpaired) electrons. The van der Waals surface area contributed by atoms with Crippen molar-refractivity contribution in [2.75, 3.05) is 13.1 Å². The summed E-state index contributed by atoms with van der Waals surface area (Å²) in [5.41, 5.74) is 4.28. The molecule has 0 saturated carbocycles. The molecule has 5 nitrogen and oxygen atoms in total. The number of amides is 1. The van der Waals surface area contributed by atoms with Crippen LogP contribution in [0.1, 0.15) is 52.9 Å². The van der Waals surface area contributed by atoms with Crippen molar-refractivity contribution in [3.63, 3.8) is 0 Å². The number of piperidine rings is 1. The van der Waals surface area contributed by atoms with Gasteiger partial charge in [-0.3, -0.25) is 9.48 Å². The van der Waals surface area contributed by atoms with Crippen molar-refractivity contribution in [1.82, 2.24) is 14.7 Å². The van der Waals surface area contributed by atoms with Gasteiger partial charge in [-0.05, 0) is 49.7 Å². The molecule has 3 aliphatic rings. The topological polar surface area (TPSA) is 58.4 Å². The van der Waals surface area contributed by atoms with E-state index in [2.05, 4.69) is 23.3 Å². The summed E-state index contributed by atoms with van der Waals surface area (Å²) in [6.07, 6.45) is 7.06. The number of benzene rings is 1. The minimum absolute atomic E-state index is 0.115. The van der Waals surface area contributed by atoms with Crippen LogP contribution in [-0.4, -0.2) is 44.9 Å². The minimum Gasteiger partial charge on any atom is -0.392 e. The Morgan fingerprint density at radius 1 is 1.15 bits per heavy atom. The second-order valence-corrected chi connectivity index (χ2v) is 8.01. The third-order valence-corrected chi connectivity index (χ3v) is 6.76. The molecule has 2 aromatic rings. The van der Waals surface area contributed by atoms with Crippen molar-refractivity contribution in [2.24, 2.45) is 0 Å². The predicted octanol–water partition coefficient (Wildman–Crippen LogP) is 2.31. The summed E-state index contributed by atoms with van der Waals surface area (Å²) < 4.78 is 2.00. The van der Waals surface area contributed by atoms with Crippen LogP contribution in [0.25, 0.3) is 0 Å². The molecule has 1 aromatic carbocycles. The highest BCUT2D eigenvalue weighted by Crippen LogP contribution is 2.46. The fraction of sp³-hybridized carbons (Fsp3) is 0.524. The van der Waals surface area contributed by atoms with Crippen LogP contribution < -0.4 is 0 Å². The van der Waals surface area contributed by atoms with Gasteiger partial charge in [0.25, 0.3) is 5.91 Å². The van der Waals surface area contributed by atoms with E-state index in [9.17, 15) is 9.90 Å². The Balaban J connectivity index is 1.36. The number of hydrogen-bond donors (Lipinski definition) is 1. The molecule has 1 atom stereocenters. The molecule has 1 spiro atoms. The Labute approximate surface area is 153 Å². The maximum atomic E-state index is 13.1. The number of likely N-dealkylation sites (tertiary alicyclic amines) is 1. The van der Waals surface area contributed by atoms with Crippen LogP contribution in [0.15, 0.2) is 30.5 Å². The molecule has 5 heteroatoms. The van der Waals surface area contributed by atoms with Crippen LogP contribution in [0.2, 0.25) is 0 Å². The highest BCUT2D eigenvalue weighted by molar-refractivity contribution is 5.95. The van der Waals surface area contributed by atoms with E-state index in [0.29, 0.717) is 13.1 Å². The predicted molar refractivity (Wildman–Crippen MR) is 98.1 cm³/mol. The SMILES string of the molecule is O=C(c1cnn2c1CCCC2)N1CCC2(CC1)c1ccccc1C[C@@H]2O. The van der Waals surface area contributed by atoms with Crippen LogP contribution >= 0.6 is 0 Å². The van der Waals surface area contributed by atoms with Crippen LogP contribution in [-0.2, 0) is 24.8 Å². The molecule has 0 unspecified atom stereocenters. The monoisotopic (exact) mass is 351 g/mol. The maximum Gasteiger partial charge on any atom is 0.257 e. The summed E-state index contributed by atoms with van der Waals surface area (Å²) in [4.78, 5) is 15.0. The van der Waals surface area contributed by atoms with E-state index in [1.54, 1.807) is 6.20 Å². The third kappa shape index (κ3) is 2.26. The van der Waals surface area contributed by atoms with Gasteiger partial charge in [0.15, 0.2) is 0 Å². The first-order chi connectivity index (χ1) is 12.7. The van der Waals surface area contributed by atoms with E-state index in [0.717, 1.165) is 56.3 Å². The van der Waals surface area contributed by atoms with Crippen molar-refractivity contribution in [1.29, 1.82) is 0 Å². The minimum atomic E-state index is -0.332. The summed E-state index contributed by atoms with van der Waals surface area (Å²) in [5, 5.41) is 15.2. The lowest BCUT2D eigenvalue weighted by Crippen LogP contribution is -2.49. The lowest BCUT2D eigenvalue weighted by atomic mass is 9.72. The molecule has 0 bridgehead atoms. The molecule has 1 aromatic heterocycles. The van der Waals surface area contributed by atoms with Crippen LogP contribution in [0, 0.1) is 0 Å². The Bertz CT molecular complexity index is 849. The summed E-state index contributed by atoms with van der Waals surface area (Å²) in [5.74, 6) is 0.115. The summed E-state index contributed by atoms with van der Waals surface area (Å²) in [6, 6.07) is 8.41. The van der Waals surface area contributed by atoms with Gasteiger partial charge in [-0.2, -0.15) is 5.10 Å². The van der Waals surface area contributed by atoms with Crippen molar-refractivity contribution >= 4 is 5.91 Å². The molecular weight excluding hydrogens is 326 g/mol. The Morgan fingerprint density at radius 3 is 2.81 bits per heavy atom. The molecular formula is C21H25N3O2. The number of nitrogens with zero attached hydrogens (tertiary/aromatic N) is 3. The average Bonchev–Trinajstić information content (AvgIpc) is 3.22. The van der Waals surface area contributed by atoms with Gasteiger partial charge in [0.05, 0.1) is 23.6 Å². The van der Waals surface area contributed by atoms with Gasteiger partial charge in [0.1, 0.15) is 0 Å². The molecule has 1 fully saturated rings. The first-order valence-electron chi connectivity index (χ1n) is 9.79. The number of carbonyl (C=O) groups excluding carboxylic acids is 1. The molecule has 1 N–H and O–H groups in total. The van der Waals surface area contributed by atoms with E-state index in [4.69, 9.17) is 0 Å². The Hall–Kier alpha value is -2.14. The number of aliphatic hydroxyl groups excluding tert-OH is 1. The second kappa shape index (κ2) is 5.95. The molecule has 5 rings (SSSR count). The van der Waals surface area contributed by atoms with E-state index >= 15 is 0 Å². The number of aryl methyl sites for hydroxylation is 1. The van der Waals surface area contributed by atoms with E-state index in [-0.39, 0.29) is 17.4 Å². The van der Waals surface area contributed by atoms with Crippen molar-refractivity contribution < 1.29 is 9.90 Å². The molecule has 1 aliphatic carbocycles. The Morgan fingerprint density at radius 2 is 1.96 bits per heavy atom. The zero-order chi connectivity index (χ0) is 17.7. The highest BCUT2D eigenvalue weighted by Gasteiger charge is 2.48. The molecule has 2 aliphatic heterocycles. The van der Waals surface area contributed by atoms with Crippen LogP contribution in [0.3, 0.4) is 0 Å². The first kappa shape index (κ1) is 16.1. The third-order valence-electron chi connectivity index (χ3n) is 6.76. The van der Waals surface area contributed by atoms with Gasteiger partial charge in [0, 0.05) is 25.0 Å². The van der Waals surface area contributed by atoms with Crippen LogP contribution in [0.5, 0.6) is 0 Å². The number of aromatic nitrogens is 2. The van der Waals surface area contributed by atoms with E-state index in [1.807, 2.05) is 15.6 Å². The maximum absolute atomic E-state index is 13.1. The molecule has 26 heavy (non-hydrogen) atoms. The molecule has 1 amide bonds. The van der Waals surface area contributed by atoms with E-state index in [1.165, 1.54) is 11.1 Å². The van der Waals surface area contributed by atoms with Gasteiger partial charge in [-0.25, -0.2) is 0 Å². The zero-order valence-electron chi connectivity index (χ0n) is 15.0. The standard InChI is InChI=1S/C21H25N3O2/c25-19-13-15-5-1-2-6-17(15)21(19)8-11-23(12-9-21)20(26)16-14-22-24-10-4-3-7-18(16)24/h1-2,5-6,14,19,25H,3-4,7-13H2/t19-/m0/s1. The number of fused-ring (bicyclic) bond motifs is 3. The average molecular weight is 351 g/mol. The van der Waals surface area contributed by atoms with Gasteiger partial charge in [-0.1, -0.05) is 24.3 Å². The van der Waals surface area contributed by atoms with Crippen molar-refractivity contribution in [3.8, 4) is 0 Å². The van der Waals surface area contributed by atoms with Gasteiger partial charge < -0.3 is 10.0 Å². The fourth-order valence-electron chi connectivity index (χ4n) is 5.25. The molecule has 3 heterocycles. The number of aliphatic hydroxyl groups is 1. The molecule has 136 valence electrons. The highest BCUT2D eigenvalue weighted by atomic mass is 16.3. The number of rotatable bonds is 1. The largest absolute Gasteiger partial charge is 0.392 e. The fourth-order valence-corrected chi connectivity index (χ4v) is 5.25. The summed E-state index contributed by atoms with van der Waals surface area (Å²) in [7, 11) is 0. The lowest BCUT2D eigenvalue weighted by Gasteiger charge is -2.42. The quantitative estimate of drug-likeness (QED) is 0.858. The van der Waals surface area contributed by atoms with Gasteiger partial charge >= 0.3 is 0 Å². The smallest absolute Gasteiger partial charge is 0.257 e. The van der Waals surface area contributed by atoms with Crippen LogP contribution in [0.4, 0.5) is 0 Å². The first-order valence-corrected chi connectivity index (χ1v) is 9.79. The second-order valence-electron chi connectivity index (χ2n) is 8.01. The van der Waals surface area contributed by atoms with Crippen molar-refractivity contribution in [2.45, 2.75) is 56.6 Å². The molecule has 1 saturated heterocycles. The summed E-state index contributed by atoms with van der Waals surface area (Å²) >= 11 is 0. The Kier molecular flexibility index (Phi) is 3.67. The number of carbonyl (C=O) groups is 1. The van der Waals surface area contributed by atoms with E-state index < -0.39 is 0 Å². The van der Waals surface area contributed by atoms with Gasteiger partial charge in [0.2, 0.25) is 0 Å². The van der Waals surface area contributed by atoms with Crippen molar-refractivity contribution in [3.05, 3.63) is 52.8 Å². The number of hydrogen-bond acceptors (Lipinski definition) is 3. The normalized spacial score (nSPS) is 23.7. The summed E-state index contributed by atoms with van der Waals surface area (Å²) in [6.45, 7) is 2.33. The van der Waals surface area contributed by atoms with Gasteiger partial charge in [-0.15, -0.1) is 0 Å².